The third-order valence-electron chi connectivity index (χ3n) is 1.76. The largest absolute Gasteiger partial charge is 0.466 e. The van der Waals surface area contributed by atoms with Gasteiger partial charge >= 0.3 is 5.97 Å². The predicted molar refractivity (Wildman–Crippen MR) is 56.9 cm³/mol. The summed E-state index contributed by atoms with van der Waals surface area (Å²) in [6.45, 7) is 2.15. The number of thiazole rings is 1. The highest BCUT2D eigenvalue weighted by atomic mass is 32.1. The van der Waals surface area contributed by atoms with Crippen molar-refractivity contribution >= 4 is 23.1 Å². The molecule has 0 unspecified atom stereocenters. The van der Waals surface area contributed by atoms with E-state index in [4.69, 9.17) is 4.74 Å². The molecule has 0 spiro atoms. The molecule has 0 radical (unpaired) electrons. The minimum Gasteiger partial charge on any atom is -0.466 e. The first-order chi connectivity index (χ1) is 7.24. The molecule has 1 aromatic heterocycles. The molecule has 5 heteroatoms. The molecular formula is C10H13NO3S. The molecule has 1 aromatic rings. The molecule has 1 heterocycles. The fraction of sp³-hybridized carbons (Fsp3) is 0.500. The van der Waals surface area contributed by atoms with Gasteiger partial charge in [0.2, 0.25) is 0 Å². The fourth-order valence-corrected chi connectivity index (χ4v) is 1.70. The Labute approximate surface area is 92.3 Å². The van der Waals surface area contributed by atoms with Crippen LogP contribution in [0.2, 0.25) is 0 Å². The monoisotopic (exact) mass is 227 g/mol. The summed E-state index contributed by atoms with van der Waals surface area (Å²) in [6.07, 6.45) is 2.78. The lowest BCUT2D eigenvalue weighted by atomic mass is 10.2. The Balaban J connectivity index is 2.21. The Morgan fingerprint density at radius 2 is 2.27 bits per heavy atom. The molecule has 0 saturated carbocycles. The SMILES string of the molecule is CCOC(=O)CCCC(=O)c1nccs1. The third kappa shape index (κ3) is 4.20. The van der Waals surface area contributed by atoms with Crippen molar-refractivity contribution in [2.45, 2.75) is 26.2 Å². The van der Waals surface area contributed by atoms with Crippen molar-refractivity contribution in [3.8, 4) is 0 Å². The summed E-state index contributed by atoms with van der Waals surface area (Å²) in [4.78, 5) is 26.3. The average molecular weight is 227 g/mol. The molecule has 0 N–H and O–H groups in total. The second-order valence-electron chi connectivity index (χ2n) is 2.92. The standard InChI is InChI=1S/C10H13NO3S/c1-2-14-9(13)5-3-4-8(12)10-11-6-7-15-10/h6-7H,2-5H2,1H3. The van der Waals surface area contributed by atoms with E-state index in [0.717, 1.165) is 0 Å². The zero-order chi connectivity index (χ0) is 11.1. The maximum absolute atomic E-state index is 11.4. The number of Topliss-reactive ketones (excluding diaryl/α,β-unsaturated/α-hetero) is 1. The lowest BCUT2D eigenvalue weighted by molar-refractivity contribution is -0.143. The topological polar surface area (TPSA) is 56.3 Å². The molecule has 1 rings (SSSR count). The van der Waals surface area contributed by atoms with Crippen LogP contribution >= 0.6 is 11.3 Å². The summed E-state index contributed by atoms with van der Waals surface area (Å²) in [5.41, 5.74) is 0. The summed E-state index contributed by atoms with van der Waals surface area (Å²) >= 11 is 1.32. The van der Waals surface area contributed by atoms with Crippen molar-refractivity contribution in [2.24, 2.45) is 0 Å². The number of nitrogens with zero attached hydrogens (tertiary/aromatic N) is 1. The average Bonchev–Trinajstić information content (AvgIpc) is 2.70. The Bertz CT molecular complexity index is 321. The molecule has 0 fully saturated rings. The highest BCUT2D eigenvalue weighted by Crippen LogP contribution is 2.09. The number of hydrogen-bond acceptors (Lipinski definition) is 5. The van der Waals surface area contributed by atoms with Crippen LogP contribution in [0.1, 0.15) is 36.0 Å². The number of carbonyl (C=O) groups excluding carboxylic acids is 2. The Hall–Kier alpha value is -1.23. The van der Waals surface area contributed by atoms with Crippen molar-refractivity contribution < 1.29 is 14.3 Å². The van der Waals surface area contributed by atoms with Crippen molar-refractivity contribution in [1.29, 1.82) is 0 Å². The number of aromatic nitrogens is 1. The normalized spacial score (nSPS) is 9.93. The van der Waals surface area contributed by atoms with Crippen molar-refractivity contribution in [2.75, 3.05) is 6.61 Å². The van der Waals surface area contributed by atoms with E-state index in [1.165, 1.54) is 11.3 Å². The fourth-order valence-electron chi connectivity index (χ4n) is 1.09. The number of ketones is 1. The van der Waals surface area contributed by atoms with Gasteiger partial charge in [-0.3, -0.25) is 9.59 Å². The summed E-state index contributed by atoms with van der Waals surface area (Å²) < 4.78 is 4.75. The van der Waals surface area contributed by atoms with E-state index in [0.29, 0.717) is 30.9 Å². The highest BCUT2D eigenvalue weighted by Gasteiger charge is 2.09. The number of ether oxygens (including phenoxy) is 1. The minimum absolute atomic E-state index is 0.00528. The quantitative estimate of drug-likeness (QED) is 0.551. The van der Waals surface area contributed by atoms with Crippen molar-refractivity contribution in [1.82, 2.24) is 4.98 Å². The molecule has 0 saturated heterocycles. The molecule has 15 heavy (non-hydrogen) atoms. The molecule has 0 aliphatic rings. The number of carbonyl (C=O) groups is 2. The van der Waals surface area contributed by atoms with E-state index in [1.807, 2.05) is 0 Å². The maximum Gasteiger partial charge on any atom is 0.305 e. The van der Waals surface area contributed by atoms with E-state index in [1.54, 1.807) is 18.5 Å². The van der Waals surface area contributed by atoms with Gasteiger partial charge in [0, 0.05) is 24.4 Å². The summed E-state index contributed by atoms with van der Waals surface area (Å²) in [5.74, 6) is -0.251. The zero-order valence-corrected chi connectivity index (χ0v) is 9.38. The number of rotatable bonds is 6. The van der Waals surface area contributed by atoms with Gasteiger partial charge in [-0.15, -0.1) is 11.3 Å². The van der Waals surface area contributed by atoms with Gasteiger partial charge in [0.25, 0.3) is 0 Å². The number of esters is 1. The lowest BCUT2D eigenvalue weighted by Crippen LogP contribution is -2.05. The van der Waals surface area contributed by atoms with Crippen molar-refractivity contribution in [3.05, 3.63) is 16.6 Å². The van der Waals surface area contributed by atoms with Crippen LogP contribution in [0.5, 0.6) is 0 Å². The van der Waals surface area contributed by atoms with Crippen LogP contribution in [0.25, 0.3) is 0 Å². The van der Waals surface area contributed by atoms with Gasteiger partial charge in [0.15, 0.2) is 10.8 Å². The van der Waals surface area contributed by atoms with E-state index in [-0.39, 0.29) is 11.8 Å². The van der Waals surface area contributed by atoms with Crippen molar-refractivity contribution in [3.63, 3.8) is 0 Å². The molecule has 82 valence electrons. The molecule has 0 aromatic carbocycles. The molecule has 0 aliphatic heterocycles. The first kappa shape index (κ1) is 11.8. The van der Waals surface area contributed by atoms with E-state index >= 15 is 0 Å². The summed E-state index contributed by atoms with van der Waals surface area (Å²) in [6, 6.07) is 0. The van der Waals surface area contributed by atoms with Crippen LogP contribution in [0.15, 0.2) is 11.6 Å². The molecule has 0 amide bonds. The van der Waals surface area contributed by atoms with Crippen LogP contribution in [0.4, 0.5) is 0 Å². The van der Waals surface area contributed by atoms with Gasteiger partial charge in [0.05, 0.1) is 6.61 Å². The minimum atomic E-state index is -0.246. The van der Waals surface area contributed by atoms with E-state index < -0.39 is 0 Å². The second kappa shape index (κ2) is 6.29. The van der Waals surface area contributed by atoms with Gasteiger partial charge < -0.3 is 4.74 Å². The van der Waals surface area contributed by atoms with Crippen LogP contribution in [-0.2, 0) is 9.53 Å². The smallest absolute Gasteiger partial charge is 0.305 e. The van der Waals surface area contributed by atoms with Crippen LogP contribution in [-0.4, -0.2) is 23.3 Å². The zero-order valence-electron chi connectivity index (χ0n) is 8.56. The van der Waals surface area contributed by atoms with Crippen LogP contribution in [0, 0.1) is 0 Å². The van der Waals surface area contributed by atoms with Gasteiger partial charge in [-0.05, 0) is 13.3 Å². The van der Waals surface area contributed by atoms with E-state index in [9.17, 15) is 9.59 Å². The Kier molecular flexibility index (Phi) is 4.97. The van der Waals surface area contributed by atoms with Gasteiger partial charge in [0.1, 0.15) is 0 Å². The van der Waals surface area contributed by atoms with Crippen LogP contribution < -0.4 is 0 Å². The second-order valence-corrected chi connectivity index (χ2v) is 3.81. The Morgan fingerprint density at radius 1 is 1.47 bits per heavy atom. The van der Waals surface area contributed by atoms with Gasteiger partial charge in [-0.2, -0.15) is 0 Å². The molecule has 0 aliphatic carbocycles. The van der Waals surface area contributed by atoms with Crippen LogP contribution in [0.3, 0.4) is 0 Å². The van der Waals surface area contributed by atoms with E-state index in [2.05, 4.69) is 4.98 Å². The molecule has 4 nitrogen and oxygen atoms in total. The lowest BCUT2D eigenvalue weighted by Gasteiger charge is -2.00. The first-order valence-corrected chi connectivity index (χ1v) is 5.70. The van der Waals surface area contributed by atoms with Gasteiger partial charge in [-0.1, -0.05) is 0 Å². The molecule has 0 atom stereocenters. The highest BCUT2D eigenvalue weighted by molar-refractivity contribution is 7.11. The first-order valence-electron chi connectivity index (χ1n) is 4.82. The molecule has 0 bridgehead atoms. The third-order valence-corrected chi connectivity index (χ3v) is 2.58. The number of hydrogen-bond donors (Lipinski definition) is 0. The predicted octanol–water partition coefficient (Wildman–Crippen LogP) is 2.06. The molecular weight excluding hydrogens is 214 g/mol. The Morgan fingerprint density at radius 3 is 2.87 bits per heavy atom. The summed E-state index contributed by atoms with van der Waals surface area (Å²) in [7, 11) is 0. The van der Waals surface area contributed by atoms with Gasteiger partial charge in [-0.25, -0.2) is 4.98 Å². The maximum atomic E-state index is 11.4. The summed E-state index contributed by atoms with van der Waals surface area (Å²) in [5, 5.41) is 2.28.